The highest BCUT2D eigenvalue weighted by atomic mass is 16.7. The number of carboxylic acids is 1. The van der Waals surface area contributed by atoms with E-state index in [9.17, 15) is 53.6 Å². The van der Waals surface area contributed by atoms with Crippen LogP contribution in [0.3, 0.4) is 0 Å². The molecule has 0 aliphatic carbocycles. The van der Waals surface area contributed by atoms with E-state index in [0.29, 0.717) is 0 Å². The molecule has 1 aliphatic heterocycles. The monoisotopic (exact) mass is 841 g/mol. The van der Waals surface area contributed by atoms with Crippen molar-refractivity contribution in [1.82, 2.24) is 10.6 Å². The molecule has 1 unspecified atom stereocenters. The van der Waals surface area contributed by atoms with Gasteiger partial charge >= 0.3 is 41.9 Å². The van der Waals surface area contributed by atoms with Gasteiger partial charge in [-0.15, -0.1) is 0 Å². The molecule has 3 N–H and O–H groups in total. The molecule has 1 aliphatic rings. The van der Waals surface area contributed by atoms with Crippen molar-refractivity contribution in [3.8, 4) is 5.75 Å². The summed E-state index contributed by atoms with van der Waals surface area (Å²) in [4.78, 5) is 111. The first-order valence-electron chi connectivity index (χ1n) is 18.3. The van der Waals surface area contributed by atoms with Crippen molar-refractivity contribution in [2.24, 2.45) is 11.8 Å². The van der Waals surface area contributed by atoms with E-state index in [-0.39, 0.29) is 30.4 Å². The number of carbonyl (C=O) groups is 8. The van der Waals surface area contributed by atoms with E-state index in [1.807, 2.05) is 13.8 Å². The second-order valence-corrected chi connectivity index (χ2v) is 14.2. The summed E-state index contributed by atoms with van der Waals surface area (Å²) in [5, 5.41) is 26.9. The minimum absolute atomic E-state index is 0.0273. The highest BCUT2D eigenvalue weighted by Crippen LogP contribution is 2.36. The molecule has 8 atom stereocenters. The van der Waals surface area contributed by atoms with Crippen molar-refractivity contribution in [1.29, 1.82) is 0 Å². The Morgan fingerprint density at radius 2 is 1.37 bits per heavy atom. The number of carbonyl (C=O) groups excluding carboxylic acids is 7. The number of carboxylic acid groups (broad SMARTS) is 1. The van der Waals surface area contributed by atoms with E-state index in [4.69, 9.17) is 37.9 Å². The third-order valence-electron chi connectivity index (χ3n) is 8.18. The van der Waals surface area contributed by atoms with Crippen molar-refractivity contribution in [3.05, 3.63) is 33.9 Å². The fourth-order valence-electron chi connectivity index (χ4n) is 5.93. The lowest BCUT2D eigenvalue weighted by molar-refractivity contribution is -0.386. The van der Waals surface area contributed by atoms with Gasteiger partial charge in [0.05, 0.1) is 24.0 Å². The molecule has 1 fully saturated rings. The summed E-state index contributed by atoms with van der Waals surface area (Å²) >= 11 is 0. The number of nitro benzene ring substituents is 1. The van der Waals surface area contributed by atoms with Gasteiger partial charge in [-0.1, -0.05) is 27.7 Å². The predicted octanol–water partition coefficient (Wildman–Crippen LogP) is 2.42. The van der Waals surface area contributed by atoms with Gasteiger partial charge in [0, 0.05) is 33.8 Å². The molecule has 2 amide bonds. The number of nitrogens with one attached hydrogen (secondary N) is 2. The van der Waals surface area contributed by atoms with Gasteiger partial charge in [0.25, 0.3) is 5.69 Å². The zero-order valence-corrected chi connectivity index (χ0v) is 34.1. The number of alkyl carbamates (subject to hydrolysis) is 1. The van der Waals surface area contributed by atoms with E-state index in [1.165, 1.54) is 0 Å². The lowest BCUT2D eigenvalue weighted by atomic mass is 9.98. The van der Waals surface area contributed by atoms with Crippen molar-refractivity contribution in [3.63, 3.8) is 0 Å². The van der Waals surface area contributed by atoms with Crippen LogP contribution in [0.15, 0.2) is 18.2 Å². The van der Waals surface area contributed by atoms with Gasteiger partial charge < -0.3 is 53.6 Å². The van der Waals surface area contributed by atoms with Crippen molar-refractivity contribution >= 4 is 53.5 Å². The Morgan fingerprint density at radius 3 is 1.88 bits per heavy atom. The number of nitro groups is 1. The zero-order chi connectivity index (χ0) is 44.7. The number of rotatable bonds is 20. The lowest BCUT2D eigenvalue weighted by Crippen LogP contribution is -2.63. The van der Waals surface area contributed by atoms with Gasteiger partial charge in [-0.2, -0.15) is 0 Å². The van der Waals surface area contributed by atoms with Gasteiger partial charge in [0.1, 0.15) is 36.6 Å². The van der Waals surface area contributed by atoms with Crippen LogP contribution in [0, 0.1) is 22.0 Å². The summed E-state index contributed by atoms with van der Waals surface area (Å²) in [6.45, 7) is 10.6. The second-order valence-electron chi connectivity index (χ2n) is 14.2. The highest BCUT2D eigenvalue weighted by molar-refractivity contribution is 5.89. The number of nitrogens with zero attached hydrogens (tertiary/aromatic N) is 1. The van der Waals surface area contributed by atoms with Crippen molar-refractivity contribution < 1.29 is 86.3 Å². The molecular formula is C37H51N3O19. The first kappa shape index (κ1) is 49.1. The number of amides is 2. The van der Waals surface area contributed by atoms with Crippen LogP contribution in [0.2, 0.25) is 0 Å². The fourth-order valence-corrected chi connectivity index (χ4v) is 5.93. The topological polar surface area (TPSA) is 298 Å². The predicted molar refractivity (Wildman–Crippen MR) is 197 cm³/mol. The Bertz CT molecular complexity index is 1710. The number of methoxy groups -OCH3 is 1. The molecule has 1 aromatic rings. The van der Waals surface area contributed by atoms with Crippen LogP contribution < -0.4 is 15.4 Å². The smallest absolute Gasteiger partial charge is 0.408 e. The van der Waals surface area contributed by atoms with Crippen LogP contribution in [0.1, 0.15) is 86.3 Å². The largest absolute Gasteiger partial charge is 0.481 e. The lowest BCUT2D eigenvalue weighted by Gasteiger charge is -2.43. The zero-order valence-electron chi connectivity index (χ0n) is 34.1. The minimum atomic E-state index is -1.90. The number of aliphatic carboxylic acids is 1. The average molecular weight is 842 g/mol. The summed E-state index contributed by atoms with van der Waals surface area (Å²) < 4.78 is 43.2. The van der Waals surface area contributed by atoms with Crippen LogP contribution in [0.4, 0.5) is 10.5 Å². The van der Waals surface area contributed by atoms with Crippen LogP contribution in [-0.2, 0) is 66.7 Å². The maximum absolute atomic E-state index is 13.4. The number of hydrogen-bond acceptors (Lipinski definition) is 18. The standard InChI is InChI=1S/C37H51N3O19/c1-17(2)12-25(34(47)38-26(13-18(3)4)35(48)52-9)39-37(49)59-28(15-30(45)46)24-14-23(10-11-27(24)40(50)51)57-36-33(56-22(8)44)32(55-21(7)43)31(54-20(6)42)29(58-36)16-53-19(5)41/h10-11,14,17-18,25-26,28-29,31-33,36H,12-13,15-16H2,1-9H3,(H,38,47)(H,39,49)(H,45,46)/t25-,26-,28?,29+,31+,32-,33-,36+/m0/s1. The molecule has 2 rings (SSSR count). The van der Waals surface area contributed by atoms with Crippen LogP contribution in [0.5, 0.6) is 5.75 Å². The number of benzene rings is 1. The van der Waals surface area contributed by atoms with Gasteiger partial charge in [-0.3, -0.25) is 38.9 Å². The molecule has 0 spiro atoms. The summed E-state index contributed by atoms with van der Waals surface area (Å²) in [6, 6.07) is 0.499. The molecule has 0 aromatic heterocycles. The third kappa shape index (κ3) is 16.0. The number of ether oxygens (including phenoxy) is 8. The van der Waals surface area contributed by atoms with Crippen molar-refractivity contribution in [2.45, 2.75) is 124 Å². The molecule has 1 aromatic carbocycles. The Kier molecular flexibility index (Phi) is 18.9. The highest BCUT2D eigenvalue weighted by Gasteiger charge is 2.53. The first-order chi connectivity index (χ1) is 27.5. The van der Waals surface area contributed by atoms with Gasteiger partial charge in [-0.05, 0) is 36.8 Å². The molecular weight excluding hydrogens is 790 g/mol. The quantitative estimate of drug-likeness (QED) is 0.0735. The third-order valence-corrected chi connectivity index (χ3v) is 8.18. The molecule has 59 heavy (non-hydrogen) atoms. The Hall–Kier alpha value is -6.06. The Morgan fingerprint density at radius 1 is 0.814 bits per heavy atom. The van der Waals surface area contributed by atoms with E-state index >= 15 is 0 Å². The summed E-state index contributed by atoms with van der Waals surface area (Å²) in [6.07, 6.45) is -12.1. The maximum Gasteiger partial charge on any atom is 0.408 e. The average Bonchev–Trinajstić information content (AvgIpc) is 3.10. The first-order valence-corrected chi connectivity index (χ1v) is 18.3. The molecule has 328 valence electrons. The molecule has 1 saturated heterocycles. The number of esters is 5. The number of hydrogen-bond donors (Lipinski definition) is 3. The maximum atomic E-state index is 13.4. The molecule has 0 bridgehead atoms. The van der Waals surface area contributed by atoms with E-state index < -0.39 is 126 Å². The summed E-state index contributed by atoms with van der Waals surface area (Å²) in [7, 11) is 1.15. The van der Waals surface area contributed by atoms with Crippen LogP contribution in [-0.4, -0.2) is 114 Å². The van der Waals surface area contributed by atoms with Crippen LogP contribution >= 0.6 is 0 Å². The molecule has 0 radical (unpaired) electrons. The molecule has 1 heterocycles. The van der Waals surface area contributed by atoms with E-state index in [2.05, 4.69) is 10.6 Å². The van der Waals surface area contributed by atoms with Gasteiger partial charge in [-0.25, -0.2) is 9.59 Å². The molecule has 0 saturated carbocycles. The normalized spacial score (nSPS) is 20.2. The summed E-state index contributed by atoms with van der Waals surface area (Å²) in [5.41, 5.74) is -1.24. The van der Waals surface area contributed by atoms with E-state index in [1.54, 1.807) is 13.8 Å². The van der Waals surface area contributed by atoms with Gasteiger partial charge in [0.2, 0.25) is 18.3 Å². The SMILES string of the molecule is COC(=O)[C@H](CC(C)C)NC(=O)[C@H](CC(C)C)NC(=O)OC(CC(=O)O)c1cc(O[C@@H]2O[C@H](COC(C)=O)[C@@H](OC(C)=O)[C@H](OC(C)=O)[C@@H]2OC(C)=O)ccc1[N+](=O)[O-]. The van der Waals surface area contributed by atoms with Crippen LogP contribution in [0.25, 0.3) is 0 Å². The van der Waals surface area contributed by atoms with Gasteiger partial charge in [0.15, 0.2) is 12.2 Å². The molecule has 22 nitrogen and oxygen atoms in total. The minimum Gasteiger partial charge on any atom is -0.481 e. The fraction of sp³-hybridized carbons (Fsp3) is 0.622. The van der Waals surface area contributed by atoms with E-state index in [0.717, 1.165) is 53.0 Å². The molecule has 22 heteroatoms. The second kappa shape index (κ2) is 22.8. The van der Waals surface area contributed by atoms with Crippen molar-refractivity contribution in [2.75, 3.05) is 13.7 Å². The summed E-state index contributed by atoms with van der Waals surface area (Å²) in [5.74, 6) is -7.17. The Balaban J connectivity index is 2.60. The Labute approximate surface area is 338 Å².